The van der Waals surface area contributed by atoms with Crippen LogP contribution in [0, 0.1) is 0 Å². The average Bonchev–Trinajstić information content (AvgIpc) is 2.82. The largest absolute Gasteiger partial charge is 0.443 e. The van der Waals surface area contributed by atoms with E-state index in [4.69, 9.17) is 4.42 Å². The molecule has 0 saturated heterocycles. The van der Waals surface area contributed by atoms with E-state index in [-0.39, 0.29) is 29.4 Å². The fraction of sp³-hybridized carbons (Fsp3) is 0.667. The summed E-state index contributed by atoms with van der Waals surface area (Å²) >= 11 is 0. The SMILES string of the molecule is CN1CCN=C1NCc1ncc(C(C)(C)C)o1.I. The third kappa shape index (κ3) is 3.60. The summed E-state index contributed by atoms with van der Waals surface area (Å²) in [4.78, 5) is 10.7. The number of rotatable bonds is 2. The first-order valence-corrected chi connectivity index (χ1v) is 5.91. The Morgan fingerprint density at radius 2 is 2.17 bits per heavy atom. The van der Waals surface area contributed by atoms with Gasteiger partial charge in [-0.05, 0) is 0 Å². The second-order valence-corrected chi connectivity index (χ2v) is 5.35. The third-order valence-corrected chi connectivity index (χ3v) is 2.75. The minimum Gasteiger partial charge on any atom is -0.443 e. The normalized spacial score (nSPS) is 15.3. The quantitative estimate of drug-likeness (QED) is 0.816. The number of aromatic nitrogens is 1. The molecule has 0 aliphatic carbocycles. The maximum atomic E-state index is 5.70. The Balaban J connectivity index is 0.00000162. The number of likely N-dealkylation sites (N-methyl/N-ethyl adjacent to an activating group) is 1. The van der Waals surface area contributed by atoms with E-state index in [2.05, 4.69) is 41.0 Å². The van der Waals surface area contributed by atoms with Crippen LogP contribution in [0.2, 0.25) is 0 Å². The van der Waals surface area contributed by atoms with Crippen molar-refractivity contribution in [1.82, 2.24) is 15.2 Å². The van der Waals surface area contributed by atoms with E-state index in [0.29, 0.717) is 12.4 Å². The summed E-state index contributed by atoms with van der Waals surface area (Å²) in [5.74, 6) is 2.54. The van der Waals surface area contributed by atoms with Gasteiger partial charge in [-0.1, -0.05) is 20.8 Å². The van der Waals surface area contributed by atoms with Gasteiger partial charge in [0.25, 0.3) is 0 Å². The van der Waals surface area contributed by atoms with Gasteiger partial charge < -0.3 is 14.6 Å². The molecule has 0 radical (unpaired) electrons. The minimum absolute atomic E-state index is 0. The average molecular weight is 364 g/mol. The first-order valence-electron chi connectivity index (χ1n) is 5.91. The number of hydrogen-bond donors (Lipinski definition) is 1. The first-order chi connectivity index (χ1) is 7.97. The highest BCUT2D eigenvalue weighted by atomic mass is 127. The van der Waals surface area contributed by atoms with Gasteiger partial charge in [0.15, 0.2) is 5.96 Å². The second kappa shape index (κ2) is 5.90. The zero-order valence-corrected chi connectivity index (χ0v) is 13.7. The number of hydrogen-bond acceptors (Lipinski definition) is 5. The maximum Gasteiger partial charge on any atom is 0.213 e. The van der Waals surface area contributed by atoms with Gasteiger partial charge in [-0.3, -0.25) is 4.99 Å². The van der Waals surface area contributed by atoms with Crippen molar-refractivity contribution in [3.63, 3.8) is 0 Å². The van der Waals surface area contributed by atoms with Crippen molar-refractivity contribution in [2.24, 2.45) is 4.99 Å². The number of halogens is 1. The van der Waals surface area contributed by atoms with Crippen LogP contribution >= 0.6 is 24.0 Å². The molecule has 1 aromatic rings. The third-order valence-electron chi connectivity index (χ3n) is 2.75. The Hall–Kier alpha value is -0.790. The van der Waals surface area contributed by atoms with E-state index in [1.165, 1.54) is 0 Å². The first kappa shape index (κ1) is 15.3. The standard InChI is InChI=1S/C12H20N4O.HI/c1-12(2,3)9-7-14-10(17-9)8-15-11-13-5-6-16(11)4;/h7H,5-6,8H2,1-4H3,(H,13,15);1H. The number of guanidine groups is 1. The van der Waals surface area contributed by atoms with Crippen molar-refractivity contribution in [2.75, 3.05) is 20.1 Å². The Kier molecular flexibility index (Phi) is 5.01. The smallest absolute Gasteiger partial charge is 0.213 e. The molecule has 6 heteroatoms. The summed E-state index contributed by atoms with van der Waals surface area (Å²) in [7, 11) is 2.02. The van der Waals surface area contributed by atoms with Gasteiger partial charge in [-0.25, -0.2) is 4.98 Å². The highest BCUT2D eigenvalue weighted by Gasteiger charge is 2.19. The van der Waals surface area contributed by atoms with E-state index in [1.54, 1.807) is 6.20 Å². The van der Waals surface area contributed by atoms with Crippen molar-refractivity contribution < 1.29 is 4.42 Å². The molecule has 2 rings (SSSR count). The number of nitrogens with one attached hydrogen (secondary N) is 1. The van der Waals surface area contributed by atoms with Crippen LogP contribution in [0.5, 0.6) is 0 Å². The molecule has 0 aromatic carbocycles. The molecule has 5 nitrogen and oxygen atoms in total. The van der Waals surface area contributed by atoms with E-state index in [0.717, 1.165) is 24.8 Å². The van der Waals surface area contributed by atoms with Crippen LogP contribution in [-0.4, -0.2) is 36.0 Å². The predicted molar refractivity (Wildman–Crippen MR) is 82.4 cm³/mol. The lowest BCUT2D eigenvalue weighted by atomic mass is 9.94. The maximum absolute atomic E-state index is 5.70. The van der Waals surface area contributed by atoms with Gasteiger partial charge in [-0.2, -0.15) is 0 Å². The molecule has 18 heavy (non-hydrogen) atoms. The molecule has 0 fully saturated rings. The minimum atomic E-state index is 0. The van der Waals surface area contributed by atoms with Crippen molar-refractivity contribution >= 4 is 29.9 Å². The molecular weight excluding hydrogens is 343 g/mol. The summed E-state index contributed by atoms with van der Waals surface area (Å²) < 4.78 is 5.70. The molecule has 1 aliphatic heterocycles. The number of nitrogens with zero attached hydrogens (tertiary/aromatic N) is 3. The Morgan fingerprint density at radius 1 is 1.44 bits per heavy atom. The second-order valence-electron chi connectivity index (χ2n) is 5.35. The van der Waals surface area contributed by atoms with E-state index >= 15 is 0 Å². The van der Waals surface area contributed by atoms with Crippen LogP contribution in [0.25, 0.3) is 0 Å². The van der Waals surface area contributed by atoms with Crippen LogP contribution in [0.4, 0.5) is 0 Å². The summed E-state index contributed by atoms with van der Waals surface area (Å²) in [5.41, 5.74) is 0.00686. The van der Waals surface area contributed by atoms with Crippen LogP contribution in [0.3, 0.4) is 0 Å². The van der Waals surface area contributed by atoms with Crippen LogP contribution in [-0.2, 0) is 12.0 Å². The molecule has 0 unspecified atom stereocenters. The van der Waals surface area contributed by atoms with Gasteiger partial charge in [0, 0.05) is 19.0 Å². The van der Waals surface area contributed by atoms with Crippen LogP contribution < -0.4 is 5.32 Å². The fourth-order valence-corrected chi connectivity index (χ4v) is 1.62. The molecule has 0 atom stereocenters. The molecule has 1 aliphatic rings. The van der Waals surface area contributed by atoms with Crippen molar-refractivity contribution in [1.29, 1.82) is 0 Å². The summed E-state index contributed by atoms with van der Waals surface area (Å²) in [5, 5.41) is 3.23. The highest BCUT2D eigenvalue weighted by Crippen LogP contribution is 2.22. The Labute approximate surface area is 125 Å². The fourth-order valence-electron chi connectivity index (χ4n) is 1.62. The zero-order chi connectivity index (χ0) is 12.5. The van der Waals surface area contributed by atoms with Gasteiger partial charge in [0.05, 0.1) is 19.3 Å². The monoisotopic (exact) mass is 364 g/mol. The molecule has 1 N–H and O–H groups in total. The van der Waals surface area contributed by atoms with E-state index in [1.807, 2.05) is 7.05 Å². The molecule has 102 valence electrons. The Morgan fingerprint density at radius 3 is 2.67 bits per heavy atom. The van der Waals surface area contributed by atoms with Crippen molar-refractivity contribution in [3.8, 4) is 0 Å². The van der Waals surface area contributed by atoms with Crippen molar-refractivity contribution in [3.05, 3.63) is 17.8 Å². The lowest BCUT2D eigenvalue weighted by Gasteiger charge is -2.14. The van der Waals surface area contributed by atoms with Gasteiger partial charge in [-0.15, -0.1) is 24.0 Å². The van der Waals surface area contributed by atoms with Crippen molar-refractivity contribution in [2.45, 2.75) is 32.7 Å². The van der Waals surface area contributed by atoms with Crippen LogP contribution in [0.1, 0.15) is 32.4 Å². The summed E-state index contributed by atoms with van der Waals surface area (Å²) in [6, 6.07) is 0. The summed E-state index contributed by atoms with van der Waals surface area (Å²) in [6.07, 6.45) is 1.80. The van der Waals surface area contributed by atoms with Gasteiger partial charge >= 0.3 is 0 Å². The molecule has 0 amide bonds. The zero-order valence-electron chi connectivity index (χ0n) is 11.4. The Bertz CT molecular complexity index is 422. The predicted octanol–water partition coefficient (Wildman–Crippen LogP) is 1.98. The molecular formula is C12H21IN4O. The van der Waals surface area contributed by atoms with Gasteiger partial charge in [0.1, 0.15) is 5.76 Å². The molecule has 1 aromatic heterocycles. The lowest BCUT2D eigenvalue weighted by molar-refractivity contribution is 0.378. The molecule has 2 heterocycles. The summed E-state index contributed by atoms with van der Waals surface area (Å²) in [6.45, 7) is 8.75. The number of oxazole rings is 1. The topological polar surface area (TPSA) is 53.7 Å². The highest BCUT2D eigenvalue weighted by molar-refractivity contribution is 14.0. The van der Waals surface area contributed by atoms with Gasteiger partial charge in [0.2, 0.25) is 5.89 Å². The molecule has 0 bridgehead atoms. The van der Waals surface area contributed by atoms with Crippen LogP contribution in [0.15, 0.2) is 15.6 Å². The lowest BCUT2D eigenvalue weighted by Crippen LogP contribution is -2.35. The number of aliphatic imine (C=N–C) groups is 1. The van der Waals surface area contributed by atoms with E-state index in [9.17, 15) is 0 Å². The molecule has 0 spiro atoms. The van der Waals surface area contributed by atoms with E-state index < -0.39 is 0 Å². The molecule has 0 saturated carbocycles.